The molecule has 4 rings (SSSR count). The summed E-state index contributed by atoms with van der Waals surface area (Å²) < 4.78 is 0. The van der Waals surface area contributed by atoms with Crippen molar-refractivity contribution in [3.63, 3.8) is 0 Å². The molecule has 0 radical (unpaired) electrons. The Morgan fingerprint density at radius 2 is 2.12 bits per heavy atom. The third kappa shape index (κ3) is 0.906. The second kappa shape index (κ2) is 2.70. The Bertz CT molecular complexity index is 645. The summed E-state index contributed by atoms with van der Waals surface area (Å²) in [6, 6.07) is 10.7. The molecule has 2 aliphatic rings. The lowest BCUT2D eigenvalue weighted by molar-refractivity contribution is 0.258. The van der Waals surface area contributed by atoms with Crippen molar-refractivity contribution in [2.75, 3.05) is 0 Å². The Morgan fingerprint density at radius 3 is 2.76 bits per heavy atom. The number of aromatic amines is 1. The van der Waals surface area contributed by atoms with E-state index >= 15 is 0 Å². The molecule has 2 fully saturated rings. The van der Waals surface area contributed by atoms with E-state index in [1.54, 1.807) is 0 Å². The molecule has 1 aromatic heterocycles. The molecule has 17 heavy (non-hydrogen) atoms. The number of H-pyrrole nitrogens is 1. The first-order valence-electron chi connectivity index (χ1n) is 6.16. The van der Waals surface area contributed by atoms with Crippen molar-refractivity contribution in [3.8, 4) is 6.07 Å². The van der Waals surface area contributed by atoms with Gasteiger partial charge in [-0.3, -0.25) is 5.10 Å². The van der Waals surface area contributed by atoms with Gasteiger partial charge in [0.05, 0.1) is 17.3 Å². The fourth-order valence-electron chi connectivity index (χ4n) is 3.51. The lowest BCUT2D eigenvalue weighted by atomic mass is 9.74. The van der Waals surface area contributed by atoms with Gasteiger partial charge in [-0.2, -0.15) is 10.4 Å². The summed E-state index contributed by atoms with van der Waals surface area (Å²) in [6.45, 7) is 0. The predicted octanol–water partition coefficient (Wildman–Crippen LogP) is 2.90. The van der Waals surface area contributed by atoms with Gasteiger partial charge in [0.25, 0.3) is 0 Å². The molecular formula is C14H13N3. The highest BCUT2D eigenvalue weighted by molar-refractivity contribution is 5.83. The molecule has 0 bridgehead atoms. The van der Waals surface area contributed by atoms with E-state index in [-0.39, 0.29) is 10.8 Å². The molecule has 1 atom stereocenters. The van der Waals surface area contributed by atoms with Crippen molar-refractivity contribution in [3.05, 3.63) is 30.0 Å². The zero-order valence-corrected chi connectivity index (χ0v) is 9.53. The fourth-order valence-corrected chi connectivity index (χ4v) is 3.51. The van der Waals surface area contributed by atoms with Gasteiger partial charge in [-0.25, -0.2) is 0 Å². The highest BCUT2D eigenvalue weighted by Gasteiger charge is 2.72. The number of hydrogen-bond donors (Lipinski definition) is 1. The van der Waals surface area contributed by atoms with Crippen LogP contribution in [0, 0.1) is 16.7 Å². The van der Waals surface area contributed by atoms with Crippen LogP contribution in [0.3, 0.4) is 0 Å². The second-order valence-electron chi connectivity index (χ2n) is 5.45. The van der Waals surface area contributed by atoms with Crippen LogP contribution in [0.25, 0.3) is 10.9 Å². The third-order valence-corrected chi connectivity index (χ3v) is 4.76. The first-order valence-corrected chi connectivity index (χ1v) is 6.16. The van der Waals surface area contributed by atoms with Gasteiger partial charge in [0, 0.05) is 5.39 Å². The van der Waals surface area contributed by atoms with E-state index in [0.29, 0.717) is 0 Å². The summed E-state index contributed by atoms with van der Waals surface area (Å²) >= 11 is 0. The molecule has 1 heterocycles. The number of rotatable bonds is 1. The van der Waals surface area contributed by atoms with Crippen LogP contribution in [0.5, 0.6) is 0 Å². The Balaban J connectivity index is 1.93. The van der Waals surface area contributed by atoms with Crippen LogP contribution >= 0.6 is 0 Å². The summed E-state index contributed by atoms with van der Waals surface area (Å²) in [5.41, 5.74) is 1.98. The second-order valence-corrected chi connectivity index (χ2v) is 5.45. The number of nitrogens with zero attached hydrogens (tertiary/aromatic N) is 2. The number of para-hydroxylation sites is 1. The first-order chi connectivity index (χ1) is 8.31. The van der Waals surface area contributed by atoms with E-state index in [1.165, 1.54) is 19.3 Å². The van der Waals surface area contributed by atoms with Crippen molar-refractivity contribution in [2.45, 2.75) is 31.1 Å². The largest absolute Gasteiger partial charge is 0.277 e. The van der Waals surface area contributed by atoms with Crippen LogP contribution in [0.15, 0.2) is 24.3 Å². The number of hydrogen-bond acceptors (Lipinski definition) is 2. The lowest BCUT2D eigenvalue weighted by Crippen LogP contribution is -2.24. The highest BCUT2D eigenvalue weighted by Crippen LogP contribution is 2.74. The molecule has 2 aliphatic carbocycles. The summed E-state index contributed by atoms with van der Waals surface area (Å²) in [4.78, 5) is 0. The average Bonchev–Trinajstić information content (AvgIpc) is 2.86. The van der Waals surface area contributed by atoms with Gasteiger partial charge >= 0.3 is 0 Å². The molecule has 0 saturated heterocycles. The van der Waals surface area contributed by atoms with Gasteiger partial charge in [-0.05, 0) is 30.7 Å². The van der Waals surface area contributed by atoms with E-state index in [0.717, 1.165) is 23.0 Å². The maximum atomic E-state index is 9.58. The highest BCUT2D eigenvalue weighted by atomic mass is 15.1. The van der Waals surface area contributed by atoms with Crippen LogP contribution in [-0.4, -0.2) is 10.2 Å². The van der Waals surface area contributed by atoms with E-state index in [2.05, 4.69) is 22.3 Å². The Labute approximate surface area is 99.4 Å². The molecule has 0 aliphatic heterocycles. The van der Waals surface area contributed by atoms with Gasteiger partial charge in [-0.15, -0.1) is 0 Å². The van der Waals surface area contributed by atoms with Gasteiger partial charge in [0.1, 0.15) is 5.41 Å². The number of nitriles is 1. The number of benzene rings is 1. The molecule has 2 saturated carbocycles. The van der Waals surface area contributed by atoms with Gasteiger partial charge in [0.15, 0.2) is 0 Å². The van der Waals surface area contributed by atoms with Gasteiger partial charge in [0.2, 0.25) is 0 Å². The van der Waals surface area contributed by atoms with Crippen molar-refractivity contribution < 1.29 is 0 Å². The summed E-state index contributed by atoms with van der Waals surface area (Å²) in [6.07, 6.45) is 4.67. The molecule has 84 valence electrons. The van der Waals surface area contributed by atoms with E-state index in [9.17, 15) is 5.26 Å². The van der Waals surface area contributed by atoms with E-state index in [1.807, 2.05) is 18.2 Å². The van der Waals surface area contributed by atoms with Crippen molar-refractivity contribution in [1.82, 2.24) is 10.2 Å². The number of fused-ring (bicyclic) bond motifs is 1. The average molecular weight is 223 g/mol. The predicted molar refractivity (Wildman–Crippen MR) is 64.3 cm³/mol. The third-order valence-electron chi connectivity index (χ3n) is 4.76. The van der Waals surface area contributed by atoms with Crippen LogP contribution in [-0.2, 0) is 5.41 Å². The van der Waals surface area contributed by atoms with Crippen LogP contribution in [0.4, 0.5) is 0 Å². The van der Waals surface area contributed by atoms with E-state index < -0.39 is 0 Å². The Hall–Kier alpha value is -1.82. The summed E-state index contributed by atoms with van der Waals surface area (Å²) in [7, 11) is 0. The fraction of sp³-hybridized carbons (Fsp3) is 0.429. The standard InChI is InChI=1S/C14H13N3/c15-9-14(8-13(14)6-3-7-13)12-10-4-1-2-5-11(10)16-17-12/h1-2,4-5H,3,6-8H2,(H,16,17). The Kier molecular flexibility index (Phi) is 1.47. The monoisotopic (exact) mass is 223 g/mol. The molecule has 1 unspecified atom stereocenters. The van der Waals surface area contributed by atoms with Gasteiger partial charge < -0.3 is 0 Å². The zero-order valence-electron chi connectivity index (χ0n) is 9.53. The maximum absolute atomic E-state index is 9.58. The van der Waals surface area contributed by atoms with Gasteiger partial charge in [-0.1, -0.05) is 24.6 Å². The molecule has 1 N–H and O–H groups in total. The molecule has 1 spiro atoms. The van der Waals surface area contributed by atoms with Crippen molar-refractivity contribution in [2.24, 2.45) is 5.41 Å². The molecule has 3 nitrogen and oxygen atoms in total. The minimum Gasteiger partial charge on any atom is -0.277 e. The maximum Gasteiger partial charge on any atom is 0.108 e. The minimum atomic E-state index is -0.301. The molecule has 0 amide bonds. The van der Waals surface area contributed by atoms with E-state index in [4.69, 9.17) is 0 Å². The normalized spacial score (nSPS) is 28.9. The quantitative estimate of drug-likeness (QED) is 0.808. The molecule has 2 aromatic rings. The lowest BCUT2D eigenvalue weighted by Gasteiger charge is -2.28. The number of nitrogens with one attached hydrogen (secondary N) is 1. The first kappa shape index (κ1) is 9.23. The van der Waals surface area contributed by atoms with Crippen LogP contribution < -0.4 is 0 Å². The molecule has 3 heteroatoms. The smallest absolute Gasteiger partial charge is 0.108 e. The topological polar surface area (TPSA) is 52.5 Å². The summed E-state index contributed by atoms with van der Waals surface area (Å²) in [5, 5.41) is 18.2. The van der Waals surface area contributed by atoms with Crippen molar-refractivity contribution in [1.29, 1.82) is 5.26 Å². The zero-order chi connectivity index (χ0) is 11.5. The molecular weight excluding hydrogens is 210 g/mol. The molecule has 1 aromatic carbocycles. The SMILES string of the molecule is N#CC1(c2n[nH]c3ccccc23)CC12CCC2. The Morgan fingerprint density at radius 1 is 1.29 bits per heavy atom. The van der Waals surface area contributed by atoms with Crippen LogP contribution in [0.2, 0.25) is 0 Å². The van der Waals surface area contributed by atoms with Crippen molar-refractivity contribution >= 4 is 10.9 Å². The van der Waals surface area contributed by atoms with Crippen LogP contribution in [0.1, 0.15) is 31.4 Å². The minimum absolute atomic E-state index is 0.264. The summed E-state index contributed by atoms with van der Waals surface area (Å²) in [5.74, 6) is 0. The number of aromatic nitrogens is 2.